The first kappa shape index (κ1) is 12.1. The van der Waals surface area contributed by atoms with Crippen molar-refractivity contribution in [1.82, 2.24) is 14.6 Å². The number of thiazole rings is 1. The smallest absolute Gasteiger partial charge is 0.127 e. The average Bonchev–Trinajstić information content (AvgIpc) is 3.14. The molecule has 102 valence electrons. The third-order valence-corrected chi connectivity index (χ3v) is 4.18. The van der Waals surface area contributed by atoms with E-state index in [4.69, 9.17) is 0 Å². The predicted molar refractivity (Wildman–Crippen MR) is 83.4 cm³/mol. The van der Waals surface area contributed by atoms with E-state index in [0.717, 1.165) is 27.3 Å². The topological polar surface area (TPSA) is 50.4 Å². The molecule has 0 aliphatic carbocycles. The van der Waals surface area contributed by atoms with Crippen molar-refractivity contribution in [2.24, 2.45) is 0 Å². The van der Waals surface area contributed by atoms with Crippen LogP contribution >= 0.6 is 11.3 Å². The third-order valence-electron chi connectivity index (χ3n) is 3.30. The summed E-state index contributed by atoms with van der Waals surface area (Å²) in [5, 5.41) is 16.8. The summed E-state index contributed by atoms with van der Waals surface area (Å²) >= 11 is 1.58. The minimum Gasteiger partial charge on any atom is -0.508 e. The molecule has 3 heterocycles. The molecule has 4 rings (SSSR count). The number of pyridine rings is 1. The van der Waals surface area contributed by atoms with Crippen molar-refractivity contribution in [3.8, 4) is 27.6 Å². The fraction of sp³-hybridized carbons (Fsp3) is 0. The number of aromatic hydroxyl groups is 1. The Morgan fingerprint density at radius 1 is 1.10 bits per heavy atom. The Balaban J connectivity index is 1.81. The number of nitrogens with zero attached hydrogens (tertiary/aromatic N) is 3. The first-order valence-corrected chi connectivity index (χ1v) is 7.37. The number of hydrogen-bond donors (Lipinski definition) is 1. The molecule has 0 spiro atoms. The zero-order chi connectivity index (χ0) is 14.2. The van der Waals surface area contributed by atoms with Crippen LogP contribution in [0.4, 0.5) is 0 Å². The molecule has 1 N–H and O–H groups in total. The number of rotatable bonds is 2. The van der Waals surface area contributed by atoms with E-state index in [1.54, 1.807) is 23.5 Å². The molecule has 0 aliphatic heterocycles. The molecule has 0 aliphatic rings. The van der Waals surface area contributed by atoms with Crippen LogP contribution in [0.2, 0.25) is 0 Å². The minimum atomic E-state index is 0.248. The number of aromatic nitrogens is 3. The molecule has 21 heavy (non-hydrogen) atoms. The van der Waals surface area contributed by atoms with Crippen LogP contribution in [0.3, 0.4) is 0 Å². The molecule has 0 atom stereocenters. The van der Waals surface area contributed by atoms with Gasteiger partial charge in [0, 0.05) is 17.1 Å². The van der Waals surface area contributed by atoms with Crippen LogP contribution in [0.1, 0.15) is 0 Å². The van der Waals surface area contributed by atoms with Gasteiger partial charge < -0.3 is 5.11 Å². The molecule has 0 amide bonds. The summed E-state index contributed by atoms with van der Waals surface area (Å²) in [7, 11) is 0. The molecule has 0 saturated carbocycles. The summed E-state index contributed by atoms with van der Waals surface area (Å²) < 4.78 is 1.84. The van der Waals surface area contributed by atoms with Crippen molar-refractivity contribution in [3.05, 3.63) is 60.2 Å². The van der Waals surface area contributed by atoms with Crippen molar-refractivity contribution in [1.29, 1.82) is 0 Å². The second kappa shape index (κ2) is 4.71. The standard InChI is InChI=1S/C16H11N3OS/c20-12-5-3-4-11(8-12)14-10-21-16(18-14)13-9-17-19-7-2-1-6-15(13)19/h1-10,20H. The fourth-order valence-corrected chi connectivity index (χ4v) is 3.14. The summed E-state index contributed by atoms with van der Waals surface area (Å²) in [6, 6.07) is 13.1. The van der Waals surface area contributed by atoms with Gasteiger partial charge in [-0.15, -0.1) is 11.3 Å². The normalized spacial score (nSPS) is 11.0. The van der Waals surface area contributed by atoms with E-state index < -0.39 is 0 Å². The molecule has 1 aromatic carbocycles. The number of hydrogen-bond acceptors (Lipinski definition) is 4. The number of benzene rings is 1. The summed E-state index contributed by atoms with van der Waals surface area (Å²) in [4.78, 5) is 4.67. The highest BCUT2D eigenvalue weighted by molar-refractivity contribution is 7.13. The van der Waals surface area contributed by atoms with Gasteiger partial charge in [0.1, 0.15) is 10.8 Å². The molecule has 0 saturated heterocycles. The Morgan fingerprint density at radius 3 is 2.95 bits per heavy atom. The molecular formula is C16H11N3OS. The predicted octanol–water partition coefficient (Wildman–Crippen LogP) is 3.83. The maximum absolute atomic E-state index is 9.57. The first-order chi connectivity index (χ1) is 10.3. The number of phenols is 1. The molecule has 4 aromatic rings. The third kappa shape index (κ3) is 2.08. The Labute approximate surface area is 125 Å². The Hall–Kier alpha value is -2.66. The van der Waals surface area contributed by atoms with Gasteiger partial charge in [0.25, 0.3) is 0 Å². The quantitative estimate of drug-likeness (QED) is 0.611. The second-order valence-corrected chi connectivity index (χ2v) is 5.54. The molecule has 0 fully saturated rings. The van der Waals surface area contributed by atoms with Crippen molar-refractivity contribution in [3.63, 3.8) is 0 Å². The van der Waals surface area contributed by atoms with Crippen LogP contribution in [0.25, 0.3) is 27.3 Å². The van der Waals surface area contributed by atoms with Crippen molar-refractivity contribution in [2.75, 3.05) is 0 Å². The Bertz CT molecular complexity index is 926. The lowest BCUT2D eigenvalue weighted by Crippen LogP contribution is -1.83. The van der Waals surface area contributed by atoms with Crippen LogP contribution in [0, 0.1) is 0 Å². The van der Waals surface area contributed by atoms with Crippen LogP contribution in [-0.4, -0.2) is 19.7 Å². The molecular weight excluding hydrogens is 282 g/mol. The molecule has 0 unspecified atom stereocenters. The minimum absolute atomic E-state index is 0.248. The van der Waals surface area contributed by atoms with E-state index in [1.165, 1.54) is 0 Å². The SMILES string of the molecule is Oc1cccc(-c2csc(-c3cnn4ccccc34)n2)c1. The van der Waals surface area contributed by atoms with E-state index in [-0.39, 0.29) is 5.75 Å². The van der Waals surface area contributed by atoms with Gasteiger partial charge in [-0.3, -0.25) is 0 Å². The highest BCUT2D eigenvalue weighted by Gasteiger charge is 2.11. The maximum atomic E-state index is 9.57. The van der Waals surface area contributed by atoms with Gasteiger partial charge in [-0.2, -0.15) is 5.10 Å². The first-order valence-electron chi connectivity index (χ1n) is 6.49. The van der Waals surface area contributed by atoms with E-state index in [2.05, 4.69) is 10.1 Å². The Kier molecular flexibility index (Phi) is 2.72. The lowest BCUT2D eigenvalue weighted by Gasteiger charge is -1.97. The monoisotopic (exact) mass is 293 g/mol. The van der Waals surface area contributed by atoms with E-state index in [9.17, 15) is 5.11 Å². The van der Waals surface area contributed by atoms with Gasteiger partial charge >= 0.3 is 0 Å². The highest BCUT2D eigenvalue weighted by Crippen LogP contribution is 2.32. The van der Waals surface area contributed by atoms with Crippen LogP contribution < -0.4 is 0 Å². The molecule has 4 nitrogen and oxygen atoms in total. The summed E-state index contributed by atoms with van der Waals surface area (Å²) in [5.41, 5.74) is 3.83. The van der Waals surface area contributed by atoms with Gasteiger partial charge in [-0.1, -0.05) is 18.2 Å². The maximum Gasteiger partial charge on any atom is 0.127 e. The van der Waals surface area contributed by atoms with E-state index >= 15 is 0 Å². The zero-order valence-corrected chi connectivity index (χ0v) is 11.8. The van der Waals surface area contributed by atoms with E-state index in [0.29, 0.717) is 0 Å². The van der Waals surface area contributed by atoms with Crippen molar-refractivity contribution < 1.29 is 5.11 Å². The van der Waals surface area contributed by atoms with Gasteiger partial charge in [-0.05, 0) is 24.3 Å². The van der Waals surface area contributed by atoms with Gasteiger partial charge in [0.05, 0.1) is 23.0 Å². The largest absolute Gasteiger partial charge is 0.508 e. The van der Waals surface area contributed by atoms with Crippen molar-refractivity contribution in [2.45, 2.75) is 0 Å². The van der Waals surface area contributed by atoms with Gasteiger partial charge in [0.15, 0.2) is 0 Å². The highest BCUT2D eigenvalue weighted by atomic mass is 32.1. The zero-order valence-electron chi connectivity index (χ0n) is 11.0. The molecule has 0 bridgehead atoms. The van der Waals surface area contributed by atoms with Gasteiger partial charge in [0.2, 0.25) is 0 Å². The summed E-state index contributed by atoms with van der Waals surface area (Å²) in [6.07, 6.45) is 3.75. The van der Waals surface area contributed by atoms with Crippen molar-refractivity contribution >= 4 is 16.9 Å². The Morgan fingerprint density at radius 2 is 2.05 bits per heavy atom. The summed E-state index contributed by atoms with van der Waals surface area (Å²) in [6.45, 7) is 0. The second-order valence-electron chi connectivity index (χ2n) is 4.68. The number of fused-ring (bicyclic) bond motifs is 1. The lowest BCUT2D eigenvalue weighted by atomic mass is 10.1. The average molecular weight is 293 g/mol. The van der Waals surface area contributed by atoms with Crippen LogP contribution in [-0.2, 0) is 0 Å². The van der Waals surface area contributed by atoms with Gasteiger partial charge in [-0.25, -0.2) is 9.50 Å². The van der Waals surface area contributed by atoms with Crippen LogP contribution in [0.5, 0.6) is 5.75 Å². The summed E-state index contributed by atoms with van der Waals surface area (Å²) in [5.74, 6) is 0.248. The molecule has 0 radical (unpaired) electrons. The fourth-order valence-electron chi connectivity index (χ4n) is 2.29. The number of phenolic OH excluding ortho intramolecular Hbond substituents is 1. The van der Waals surface area contributed by atoms with Crippen LogP contribution in [0.15, 0.2) is 60.2 Å². The molecule has 3 aromatic heterocycles. The lowest BCUT2D eigenvalue weighted by molar-refractivity contribution is 0.475. The molecule has 5 heteroatoms. The van der Waals surface area contributed by atoms with E-state index in [1.807, 2.05) is 52.6 Å².